The normalized spacial score (nSPS) is 16.8. The highest BCUT2D eigenvalue weighted by molar-refractivity contribution is 7.89. The van der Waals surface area contributed by atoms with Gasteiger partial charge in [-0.25, -0.2) is 8.42 Å². The van der Waals surface area contributed by atoms with E-state index < -0.39 is 10.0 Å². The number of sulfonamides is 1. The van der Waals surface area contributed by atoms with E-state index in [4.69, 9.17) is 4.52 Å². The standard InChI is InChI=1S/C15H22N4O3S/c1-11-9-14(17-22-11)10-19-13(3)15(12(2)16-19)23(20,21)18-7-5-4-6-8-18/h9H,4-8,10H2,1-3H3. The van der Waals surface area contributed by atoms with E-state index in [-0.39, 0.29) is 0 Å². The Labute approximate surface area is 136 Å². The van der Waals surface area contributed by atoms with Gasteiger partial charge in [0.15, 0.2) is 0 Å². The molecule has 0 atom stereocenters. The van der Waals surface area contributed by atoms with Gasteiger partial charge in [-0.05, 0) is 33.6 Å². The minimum absolute atomic E-state index is 0.333. The molecule has 1 fully saturated rings. The summed E-state index contributed by atoms with van der Waals surface area (Å²) in [6, 6.07) is 1.83. The molecule has 1 aliphatic rings. The van der Waals surface area contributed by atoms with Crippen LogP contribution < -0.4 is 0 Å². The molecule has 8 heteroatoms. The predicted molar refractivity (Wildman–Crippen MR) is 84.7 cm³/mol. The Morgan fingerprint density at radius 3 is 2.48 bits per heavy atom. The van der Waals surface area contributed by atoms with E-state index in [0.29, 0.717) is 35.9 Å². The summed E-state index contributed by atoms with van der Waals surface area (Å²) in [5.74, 6) is 0.725. The van der Waals surface area contributed by atoms with Crippen molar-refractivity contribution in [2.75, 3.05) is 13.1 Å². The summed E-state index contributed by atoms with van der Waals surface area (Å²) < 4.78 is 34.2. The zero-order chi connectivity index (χ0) is 16.6. The summed E-state index contributed by atoms with van der Waals surface area (Å²) in [4.78, 5) is 0.333. The topological polar surface area (TPSA) is 81.2 Å². The molecule has 0 aliphatic carbocycles. The van der Waals surface area contributed by atoms with Crippen LogP contribution in [0.3, 0.4) is 0 Å². The number of hydrogen-bond donors (Lipinski definition) is 0. The van der Waals surface area contributed by atoms with Crippen LogP contribution in [0.1, 0.15) is 42.1 Å². The van der Waals surface area contributed by atoms with Crippen LogP contribution in [-0.2, 0) is 16.6 Å². The van der Waals surface area contributed by atoms with Crippen molar-refractivity contribution in [3.63, 3.8) is 0 Å². The monoisotopic (exact) mass is 338 g/mol. The minimum Gasteiger partial charge on any atom is -0.361 e. The fourth-order valence-electron chi connectivity index (χ4n) is 3.09. The molecule has 3 rings (SSSR count). The molecule has 1 aliphatic heterocycles. The number of aromatic nitrogens is 3. The molecule has 0 spiro atoms. The van der Waals surface area contributed by atoms with Gasteiger partial charge < -0.3 is 4.52 Å². The van der Waals surface area contributed by atoms with E-state index in [2.05, 4.69) is 10.3 Å². The molecule has 1 saturated heterocycles. The molecule has 0 unspecified atom stereocenters. The van der Waals surface area contributed by atoms with Gasteiger partial charge in [0.05, 0.1) is 17.9 Å². The van der Waals surface area contributed by atoms with Crippen LogP contribution in [0.15, 0.2) is 15.5 Å². The molecule has 23 heavy (non-hydrogen) atoms. The highest BCUT2D eigenvalue weighted by Gasteiger charge is 2.31. The number of aryl methyl sites for hydroxylation is 2. The first kappa shape index (κ1) is 16.2. The minimum atomic E-state index is -3.48. The summed E-state index contributed by atoms with van der Waals surface area (Å²) in [7, 11) is -3.48. The summed E-state index contributed by atoms with van der Waals surface area (Å²) in [5, 5.41) is 8.35. The van der Waals surface area contributed by atoms with Crippen molar-refractivity contribution in [1.82, 2.24) is 19.2 Å². The van der Waals surface area contributed by atoms with Gasteiger partial charge in [-0.3, -0.25) is 4.68 Å². The van der Waals surface area contributed by atoms with Crippen molar-refractivity contribution in [3.8, 4) is 0 Å². The molecule has 0 saturated carbocycles. The average Bonchev–Trinajstić information content (AvgIpc) is 3.04. The SMILES string of the molecule is Cc1cc(Cn2nc(C)c(S(=O)(=O)N3CCCCC3)c2C)no1. The molecule has 0 aromatic carbocycles. The average molecular weight is 338 g/mol. The second-order valence-corrected chi connectivity index (χ2v) is 7.93. The Morgan fingerprint density at radius 1 is 1.17 bits per heavy atom. The van der Waals surface area contributed by atoms with Crippen LogP contribution in [0.2, 0.25) is 0 Å². The Balaban J connectivity index is 1.94. The lowest BCUT2D eigenvalue weighted by Crippen LogP contribution is -2.36. The van der Waals surface area contributed by atoms with E-state index in [0.717, 1.165) is 30.7 Å². The summed E-state index contributed by atoms with van der Waals surface area (Å²) in [6.07, 6.45) is 2.93. The van der Waals surface area contributed by atoms with E-state index in [9.17, 15) is 8.42 Å². The van der Waals surface area contributed by atoms with Gasteiger partial charge in [-0.1, -0.05) is 11.6 Å². The molecule has 0 amide bonds. The van der Waals surface area contributed by atoms with Gasteiger partial charge in [0, 0.05) is 19.2 Å². The van der Waals surface area contributed by atoms with Crippen LogP contribution >= 0.6 is 0 Å². The third-order valence-corrected chi connectivity index (χ3v) is 6.37. The first-order valence-electron chi connectivity index (χ1n) is 7.86. The van der Waals surface area contributed by atoms with Crippen LogP contribution in [0.5, 0.6) is 0 Å². The maximum Gasteiger partial charge on any atom is 0.246 e. The molecule has 3 heterocycles. The molecule has 126 valence electrons. The Kier molecular flexibility index (Phi) is 4.29. The molecular formula is C15H22N4O3S. The van der Waals surface area contributed by atoms with Crippen molar-refractivity contribution in [3.05, 3.63) is 28.9 Å². The fourth-order valence-corrected chi connectivity index (χ4v) is 4.98. The van der Waals surface area contributed by atoms with Crippen molar-refractivity contribution in [2.45, 2.75) is 51.5 Å². The van der Waals surface area contributed by atoms with E-state index >= 15 is 0 Å². The number of rotatable bonds is 4. The lowest BCUT2D eigenvalue weighted by molar-refractivity contribution is 0.346. The van der Waals surface area contributed by atoms with E-state index in [1.165, 1.54) is 0 Å². The molecular weight excluding hydrogens is 316 g/mol. The maximum atomic E-state index is 12.9. The van der Waals surface area contributed by atoms with E-state index in [1.807, 2.05) is 13.0 Å². The summed E-state index contributed by atoms with van der Waals surface area (Å²) in [6.45, 7) is 6.95. The van der Waals surface area contributed by atoms with Crippen molar-refractivity contribution in [1.29, 1.82) is 0 Å². The smallest absolute Gasteiger partial charge is 0.246 e. The van der Waals surface area contributed by atoms with Gasteiger partial charge in [0.25, 0.3) is 0 Å². The first-order valence-corrected chi connectivity index (χ1v) is 9.30. The van der Waals surface area contributed by atoms with Gasteiger partial charge in [-0.2, -0.15) is 9.40 Å². The Hall–Kier alpha value is -1.67. The number of hydrogen-bond acceptors (Lipinski definition) is 5. The quantitative estimate of drug-likeness (QED) is 0.852. The maximum absolute atomic E-state index is 12.9. The summed E-state index contributed by atoms with van der Waals surface area (Å²) >= 11 is 0. The molecule has 2 aromatic heterocycles. The van der Waals surface area contributed by atoms with Gasteiger partial charge in [-0.15, -0.1) is 0 Å². The third-order valence-electron chi connectivity index (χ3n) is 4.22. The van der Waals surface area contributed by atoms with Crippen molar-refractivity contribution < 1.29 is 12.9 Å². The zero-order valence-electron chi connectivity index (χ0n) is 13.7. The lowest BCUT2D eigenvalue weighted by Gasteiger charge is -2.25. The van der Waals surface area contributed by atoms with Crippen molar-refractivity contribution >= 4 is 10.0 Å². The van der Waals surface area contributed by atoms with Gasteiger partial charge in [0.2, 0.25) is 10.0 Å². The fraction of sp³-hybridized carbons (Fsp3) is 0.600. The Bertz CT molecular complexity index is 801. The first-order chi connectivity index (χ1) is 10.9. The third kappa shape index (κ3) is 3.05. The van der Waals surface area contributed by atoms with Gasteiger partial charge >= 0.3 is 0 Å². The molecule has 7 nitrogen and oxygen atoms in total. The molecule has 0 bridgehead atoms. The Morgan fingerprint density at radius 2 is 1.87 bits per heavy atom. The van der Waals surface area contributed by atoms with Crippen LogP contribution in [0, 0.1) is 20.8 Å². The predicted octanol–water partition coefficient (Wildman–Crippen LogP) is 2.02. The highest BCUT2D eigenvalue weighted by atomic mass is 32.2. The van der Waals surface area contributed by atoms with E-state index in [1.54, 1.807) is 22.8 Å². The second-order valence-electron chi connectivity index (χ2n) is 6.05. The summed E-state index contributed by atoms with van der Waals surface area (Å²) in [5.41, 5.74) is 1.91. The molecule has 0 N–H and O–H groups in total. The second kappa shape index (κ2) is 6.09. The van der Waals surface area contributed by atoms with Crippen LogP contribution in [0.25, 0.3) is 0 Å². The lowest BCUT2D eigenvalue weighted by atomic mass is 10.2. The van der Waals surface area contributed by atoms with Crippen LogP contribution in [0.4, 0.5) is 0 Å². The zero-order valence-corrected chi connectivity index (χ0v) is 14.6. The van der Waals surface area contributed by atoms with Gasteiger partial charge in [0.1, 0.15) is 16.3 Å². The van der Waals surface area contributed by atoms with Crippen molar-refractivity contribution in [2.24, 2.45) is 0 Å². The highest BCUT2D eigenvalue weighted by Crippen LogP contribution is 2.26. The largest absolute Gasteiger partial charge is 0.361 e. The number of piperidine rings is 1. The number of nitrogens with zero attached hydrogens (tertiary/aromatic N) is 4. The molecule has 0 radical (unpaired) electrons. The molecule has 2 aromatic rings. The van der Waals surface area contributed by atoms with Crippen LogP contribution in [-0.4, -0.2) is 40.7 Å².